The van der Waals surface area contributed by atoms with Crippen LogP contribution in [0, 0.1) is 11.7 Å². The summed E-state index contributed by atoms with van der Waals surface area (Å²) in [6, 6.07) is 5.83. The summed E-state index contributed by atoms with van der Waals surface area (Å²) in [7, 11) is 1.75. The maximum Gasteiger partial charge on any atom is 0.324 e. The molecule has 1 amide bonds. The maximum absolute atomic E-state index is 13.3. The molecular weight excluding hydrogens is 311 g/mol. The summed E-state index contributed by atoms with van der Waals surface area (Å²) in [5.74, 6) is -1.83. The predicted octanol–water partition coefficient (Wildman–Crippen LogP) is 2.33. The zero-order chi connectivity index (χ0) is 17.5. The number of amides is 1. The molecule has 1 aromatic carbocycles. The number of rotatable bonds is 5. The first kappa shape index (κ1) is 16.9. The quantitative estimate of drug-likeness (QED) is 0.867. The van der Waals surface area contributed by atoms with Gasteiger partial charge in [0.25, 0.3) is 0 Å². The second-order valence-corrected chi connectivity index (χ2v) is 6.89. The Balaban J connectivity index is 1.97. The minimum absolute atomic E-state index is 0.102. The van der Waals surface area contributed by atoms with Crippen molar-refractivity contribution in [2.75, 3.05) is 7.05 Å². The van der Waals surface area contributed by atoms with Gasteiger partial charge in [-0.15, -0.1) is 0 Å². The number of hydrogen-bond acceptors (Lipinski definition) is 3. The smallest absolute Gasteiger partial charge is 0.324 e. The first-order valence-electron chi connectivity index (χ1n) is 8.41. The largest absolute Gasteiger partial charge is 0.480 e. The van der Waals surface area contributed by atoms with Crippen LogP contribution >= 0.6 is 0 Å². The SMILES string of the molecule is CC[C@]1(C(=O)O)C[C@@H](C(=O)NC2CC2)[C@@H](c2ccc(F)cc2)N1C. The number of likely N-dealkylation sites (N-methyl/N-ethyl adjacent to an activating group) is 1. The molecule has 1 heterocycles. The van der Waals surface area contributed by atoms with E-state index in [1.54, 1.807) is 24.1 Å². The van der Waals surface area contributed by atoms with Crippen molar-refractivity contribution < 1.29 is 19.1 Å². The zero-order valence-corrected chi connectivity index (χ0v) is 14.0. The minimum atomic E-state index is -1.08. The molecule has 130 valence electrons. The molecule has 6 heteroatoms. The van der Waals surface area contributed by atoms with E-state index in [1.165, 1.54) is 12.1 Å². The first-order valence-corrected chi connectivity index (χ1v) is 8.41. The van der Waals surface area contributed by atoms with Gasteiger partial charge < -0.3 is 10.4 Å². The van der Waals surface area contributed by atoms with E-state index in [0.717, 1.165) is 18.4 Å². The molecule has 0 bridgehead atoms. The number of nitrogens with zero attached hydrogens (tertiary/aromatic N) is 1. The van der Waals surface area contributed by atoms with Gasteiger partial charge in [-0.2, -0.15) is 0 Å². The lowest BCUT2D eigenvalue weighted by atomic mass is 9.87. The van der Waals surface area contributed by atoms with Crippen LogP contribution < -0.4 is 5.32 Å². The van der Waals surface area contributed by atoms with E-state index in [9.17, 15) is 19.1 Å². The van der Waals surface area contributed by atoms with Gasteiger partial charge in [-0.3, -0.25) is 14.5 Å². The van der Waals surface area contributed by atoms with E-state index >= 15 is 0 Å². The standard InChI is InChI=1S/C18H23FN2O3/c1-3-18(17(23)24)10-14(16(22)20-13-8-9-13)15(21(18)2)11-4-6-12(19)7-5-11/h4-7,13-15H,3,8-10H2,1-2H3,(H,20,22)(H,23,24)/t14-,15-,18-/m1/s1. The van der Waals surface area contributed by atoms with Crippen molar-refractivity contribution in [3.63, 3.8) is 0 Å². The van der Waals surface area contributed by atoms with Crippen LogP contribution in [0.2, 0.25) is 0 Å². The first-order chi connectivity index (χ1) is 11.4. The fourth-order valence-corrected chi connectivity index (χ4v) is 3.83. The lowest BCUT2D eigenvalue weighted by molar-refractivity contribution is -0.150. The van der Waals surface area contributed by atoms with Crippen molar-refractivity contribution in [2.24, 2.45) is 5.92 Å². The van der Waals surface area contributed by atoms with Crippen molar-refractivity contribution in [1.82, 2.24) is 10.2 Å². The molecule has 3 atom stereocenters. The van der Waals surface area contributed by atoms with E-state index in [2.05, 4.69) is 5.32 Å². The van der Waals surface area contributed by atoms with Gasteiger partial charge >= 0.3 is 5.97 Å². The van der Waals surface area contributed by atoms with Gasteiger partial charge in [0, 0.05) is 12.1 Å². The fourth-order valence-electron chi connectivity index (χ4n) is 3.83. The molecule has 0 spiro atoms. The molecule has 2 aliphatic rings. The fraction of sp³-hybridized carbons (Fsp3) is 0.556. The van der Waals surface area contributed by atoms with Gasteiger partial charge in [-0.05, 0) is 50.4 Å². The monoisotopic (exact) mass is 334 g/mol. The highest BCUT2D eigenvalue weighted by molar-refractivity contribution is 5.85. The van der Waals surface area contributed by atoms with Gasteiger partial charge in [0.1, 0.15) is 11.4 Å². The molecular formula is C18H23FN2O3. The van der Waals surface area contributed by atoms with E-state index in [0.29, 0.717) is 6.42 Å². The summed E-state index contributed by atoms with van der Waals surface area (Å²) in [6.45, 7) is 1.83. The summed E-state index contributed by atoms with van der Waals surface area (Å²) in [6.07, 6.45) is 2.63. The molecule has 0 aromatic heterocycles. The number of carbonyl (C=O) groups is 2. The molecule has 0 radical (unpaired) electrons. The topological polar surface area (TPSA) is 69.6 Å². The third-order valence-corrected chi connectivity index (χ3v) is 5.49. The Morgan fingerprint density at radius 3 is 2.46 bits per heavy atom. The van der Waals surface area contributed by atoms with Crippen molar-refractivity contribution in [2.45, 2.75) is 50.2 Å². The number of nitrogens with one attached hydrogen (secondary N) is 1. The highest BCUT2D eigenvalue weighted by Gasteiger charge is 2.56. The predicted molar refractivity (Wildman–Crippen MR) is 86.8 cm³/mol. The number of likely N-dealkylation sites (tertiary alicyclic amines) is 1. The number of hydrogen-bond donors (Lipinski definition) is 2. The maximum atomic E-state index is 13.3. The minimum Gasteiger partial charge on any atom is -0.480 e. The molecule has 1 saturated heterocycles. The third-order valence-electron chi connectivity index (χ3n) is 5.49. The number of halogens is 1. The van der Waals surface area contributed by atoms with Crippen LogP contribution in [0.1, 0.15) is 44.2 Å². The van der Waals surface area contributed by atoms with Crippen molar-refractivity contribution in [3.05, 3.63) is 35.6 Å². The van der Waals surface area contributed by atoms with Crippen LogP contribution in [0.5, 0.6) is 0 Å². The highest BCUT2D eigenvalue weighted by atomic mass is 19.1. The third kappa shape index (κ3) is 2.79. The number of carboxylic acids is 1. The second-order valence-electron chi connectivity index (χ2n) is 6.89. The molecule has 1 aliphatic carbocycles. The molecule has 1 aliphatic heterocycles. The highest BCUT2D eigenvalue weighted by Crippen LogP contribution is 2.47. The second kappa shape index (κ2) is 6.16. The summed E-state index contributed by atoms with van der Waals surface area (Å²) in [5.41, 5.74) is -0.309. The van der Waals surface area contributed by atoms with Gasteiger partial charge in [0.2, 0.25) is 5.91 Å². The summed E-state index contributed by atoms with van der Waals surface area (Å²) in [5, 5.41) is 12.8. The molecule has 5 nitrogen and oxygen atoms in total. The zero-order valence-electron chi connectivity index (χ0n) is 14.0. The average Bonchev–Trinajstić information content (AvgIpc) is 3.30. The van der Waals surface area contributed by atoms with Gasteiger partial charge in [0.05, 0.1) is 5.92 Å². The van der Waals surface area contributed by atoms with Gasteiger partial charge in [-0.25, -0.2) is 4.39 Å². The van der Waals surface area contributed by atoms with E-state index in [1.807, 2.05) is 6.92 Å². The van der Waals surface area contributed by atoms with Crippen molar-refractivity contribution >= 4 is 11.9 Å². The summed E-state index contributed by atoms with van der Waals surface area (Å²) in [4.78, 5) is 26.5. The normalized spacial score (nSPS) is 30.3. The number of carboxylic acid groups (broad SMARTS) is 1. The molecule has 1 aromatic rings. The molecule has 3 rings (SSSR count). The van der Waals surface area contributed by atoms with Crippen LogP contribution in [0.15, 0.2) is 24.3 Å². The average molecular weight is 334 g/mol. The van der Waals surface area contributed by atoms with Crippen LogP contribution in [0.4, 0.5) is 4.39 Å². The van der Waals surface area contributed by atoms with Gasteiger partial charge in [-0.1, -0.05) is 19.1 Å². The number of aliphatic carboxylic acids is 1. The Kier molecular flexibility index (Phi) is 4.34. The molecule has 0 unspecified atom stereocenters. The molecule has 24 heavy (non-hydrogen) atoms. The van der Waals surface area contributed by atoms with Crippen LogP contribution in [0.25, 0.3) is 0 Å². The molecule has 1 saturated carbocycles. The van der Waals surface area contributed by atoms with Crippen LogP contribution in [0.3, 0.4) is 0 Å². The van der Waals surface area contributed by atoms with E-state index in [4.69, 9.17) is 0 Å². The Hall–Kier alpha value is -1.95. The van der Waals surface area contributed by atoms with Crippen molar-refractivity contribution in [1.29, 1.82) is 0 Å². The van der Waals surface area contributed by atoms with Crippen molar-refractivity contribution in [3.8, 4) is 0 Å². The Morgan fingerprint density at radius 2 is 1.96 bits per heavy atom. The van der Waals surface area contributed by atoms with Crippen LogP contribution in [-0.2, 0) is 9.59 Å². The Morgan fingerprint density at radius 1 is 1.33 bits per heavy atom. The number of carbonyl (C=O) groups excluding carboxylic acids is 1. The number of benzene rings is 1. The lowest BCUT2D eigenvalue weighted by Crippen LogP contribution is -2.48. The van der Waals surface area contributed by atoms with Crippen LogP contribution in [-0.4, -0.2) is 40.5 Å². The lowest BCUT2D eigenvalue weighted by Gasteiger charge is -2.34. The summed E-state index contributed by atoms with van der Waals surface area (Å²) < 4.78 is 13.3. The van der Waals surface area contributed by atoms with E-state index in [-0.39, 0.29) is 30.2 Å². The Bertz CT molecular complexity index is 644. The van der Waals surface area contributed by atoms with Gasteiger partial charge in [0.15, 0.2) is 0 Å². The summed E-state index contributed by atoms with van der Waals surface area (Å²) >= 11 is 0. The molecule has 2 fully saturated rings. The van der Waals surface area contributed by atoms with E-state index < -0.39 is 17.4 Å². The molecule has 2 N–H and O–H groups in total. The Labute approximate surface area is 140 Å².